The van der Waals surface area contributed by atoms with E-state index in [1.807, 2.05) is 19.9 Å². The number of aryl methyl sites for hydroxylation is 1. The van der Waals surface area contributed by atoms with Gasteiger partial charge in [0.05, 0.1) is 11.7 Å². The molecule has 0 spiro atoms. The van der Waals surface area contributed by atoms with Gasteiger partial charge in [0.1, 0.15) is 5.82 Å². The second-order valence-corrected chi connectivity index (χ2v) is 8.66. The lowest BCUT2D eigenvalue weighted by Crippen LogP contribution is -2.27. The predicted molar refractivity (Wildman–Crippen MR) is 123 cm³/mol. The monoisotopic (exact) mass is 438 g/mol. The Hall–Kier alpha value is -3.26. The van der Waals surface area contributed by atoms with Crippen molar-refractivity contribution in [3.8, 4) is 0 Å². The zero-order valence-electron chi connectivity index (χ0n) is 17.5. The van der Waals surface area contributed by atoms with Crippen LogP contribution in [0.5, 0.6) is 0 Å². The van der Waals surface area contributed by atoms with Gasteiger partial charge in [-0.15, -0.1) is 11.3 Å². The normalized spacial score (nSPS) is 14.6. The fourth-order valence-electron chi connectivity index (χ4n) is 3.57. The number of benzene rings is 1. The summed E-state index contributed by atoms with van der Waals surface area (Å²) in [7, 11) is 1.76. The van der Waals surface area contributed by atoms with E-state index in [4.69, 9.17) is 0 Å². The quantitative estimate of drug-likeness (QED) is 0.578. The van der Waals surface area contributed by atoms with Gasteiger partial charge in [0.25, 0.3) is 0 Å². The molecule has 8 heteroatoms. The summed E-state index contributed by atoms with van der Waals surface area (Å²) in [6.45, 7) is 4.47. The van der Waals surface area contributed by atoms with Gasteiger partial charge in [0.15, 0.2) is 5.82 Å². The SMILES string of the molecule is Cc1c([C@@H](C)N(C)C(=O)/C=C/c2cnc3c(c2)NCCC(=O)N3)sc2ccc(F)cc12. The smallest absolute Gasteiger partial charge is 0.246 e. The summed E-state index contributed by atoms with van der Waals surface area (Å²) in [6.07, 6.45) is 5.22. The van der Waals surface area contributed by atoms with Gasteiger partial charge in [-0.1, -0.05) is 0 Å². The summed E-state index contributed by atoms with van der Waals surface area (Å²) in [6, 6.07) is 6.48. The lowest BCUT2D eigenvalue weighted by atomic mass is 10.1. The molecule has 6 nitrogen and oxygen atoms in total. The summed E-state index contributed by atoms with van der Waals surface area (Å²) in [5, 5.41) is 6.81. The maximum atomic E-state index is 13.6. The highest BCUT2D eigenvalue weighted by Gasteiger charge is 2.21. The molecule has 0 radical (unpaired) electrons. The number of aromatic nitrogens is 1. The van der Waals surface area contributed by atoms with Crippen LogP contribution in [0.1, 0.15) is 35.4 Å². The van der Waals surface area contributed by atoms with Crippen molar-refractivity contribution in [2.75, 3.05) is 24.2 Å². The fourth-order valence-corrected chi connectivity index (χ4v) is 4.86. The second-order valence-electron chi connectivity index (χ2n) is 7.58. The van der Waals surface area contributed by atoms with Crippen LogP contribution in [-0.4, -0.2) is 35.3 Å². The molecule has 1 aliphatic rings. The minimum Gasteiger partial charge on any atom is -0.382 e. The number of pyridine rings is 1. The van der Waals surface area contributed by atoms with Crippen molar-refractivity contribution in [1.29, 1.82) is 0 Å². The summed E-state index contributed by atoms with van der Waals surface area (Å²) >= 11 is 1.58. The number of carbonyl (C=O) groups excluding carboxylic acids is 2. The average molecular weight is 439 g/mol. The predicted octanol–water partition coefficient (Wildman–Crippen LogP) is 4.73. The van der Waals surface area contributed by atoms with Crippen molar-refractivity contribution < 1.29 is 14.0 Å². The first-order valence-electron chi connectivity index (χ1n) is 10.0. The molecule has 4 rings (SSSR count). The van der Waals surface area contributed by atoms with Crippen LogP contribution in [0.25, 0.3) is 16.2 Å². The van der Waals surface area contributed by atoms with E-state index in [9.17, 15) is 14.0 Å². The molecular weight excluding hydrogens is 415 g/mol. The van der Waals surface area contributed by atoms with E-state index in [1.165, 1.54) is 12.1 Å². The molecule has 2 N–H and O–H groups in total. The lowest BCUT2D eigenvalue weighted by Gasteiger charge is -2.23. The molecule has 1 aliphatic heterocycles. The topological polar surface area (TPSA) is 74.3 Å². The Morgan fingerprint density at radius 3 is 2.97 bits per heavy atom. The Kier molecular flexibility index (Phi) is 5.73. The van der Waals surface area contributed by atoms with Crippen LogP contribution in [0.15, 0.2) is 36.5 Å². The minimum atomic E-state index is -0.261. The number of hydrogen-bond donors (Lipinski definition) is 2. The number of nitrogens with zero attached hydrogens (tertiary/aromatic N) is 2. The highest BCUT2D eigenvalue weighted by molar-refractivity contribution is 7.19. The Bertz CT molecular complexity index is 1200. The maximum absolute atomic E-state index is 13.6. The molecule has 0 aliphatic carbocycles. The van der Waals surface area contributed by atoms with Crippen molar-refractivity contribution in [3.05, 3.63) is 58.4 Å². The highest BCUT2D eigenvalue weighted by atomic mass is 32.1. The lowest BCUT2D eigenvalue weighted by molar-refractivity contribution is -0.126. The van der Waals surface area contributed by atoms with Crippen LogP contribution in [0.4, 0.5) is 15.9 Å². The van der Waals surface area contributed by atoms with Crippen molar-refractivity contribution in [2.45, 2.75) is 26.3 Å². The third kappa shape index (κ3) is 4.29. The van der Waals surface area contributed by atoms with Crippen LogP contribution in [0.3, 0.4) is 0 Å². The van der Waals surface area contributed by atoms with E-state index in [1.54, 1.807) is 47.7 Å². The van der Waals surface area contributed by atoms with Gasteiger partial charge in [-0.25, -0.2) is 9.37 Å². The zero-order valence-corrected chi connectivity index (χ0v) is 18.3. The van der Waals surface area contributed by atoms with Crippen LogP contribution in [0.2, 0.25) is 0 Å². The first-order valence-corrected chi connectivity index (χ1v) is 10.8. The molecule has 0 unspecified atom stereocenters. The van der Waals surface area contributed by atoms with Crippen molar-refractivity contribution >= 4 is 50.8 Å². The molecule has 1 atom stereocenters. The molecule has 2 amide bonds. The average Bonchev–Trinajstić information content (AvgIpc) is 2.95. The number of fused-ring (bicyclic) bond motifs is 2. The molecule has 1 aromatic carbocycles. The molecule has 0 saturated carbocycles. The van der Waals surface area contributed by atoms with E-state index in [0.29, 0.717) is 18.8 Å². The molecular formula is C23H23FN4O2S. The number of halogens is 1. The zero-order chi connectivity index (χ0) is 22.1. The third-order valence-electron chi connectivity index (χ3n) is 5.50. The molecule has 0 saturated heterocycles. The largest absolute Gasteiger partial charge is 0.382 e. The van der Waals surface area contributed by atoms with Crippen LogP contribution >= 0.6 is 11.3 Å². The van der Waals surface area contributed by atoms with Gasteiger partial charge in [-0.05, 0) is 60.7 Å². The Labute approximate surface area is 183 Å². The molecule has 31 heavy (non-hydrogen) atoms. The summed E-state index contributed by atoms with van der Waals surface area (Å²) in [5.74, 6) is 0.00983. The second kappa shape index (κ2) is 8.47. The Balaban J connectivity index is 1.51. The third-order valence-corrected chi connectivity index (χ3v) is 6.94. The van der Waals surface area contributed by atoms with Crippen LogP contribution in [-0.2, 0) is 9.59 Å². The van der Waals surface area contributed by atoms with Crippen molar-refractivity contribution in [2.24, 2.45) is 0 Å². The molecule has 2 aromatic heterocycles. The first-order chi connectivity index (χ1) is 14.8. The van der Waals surface area contributed by atoms with E-state index >= 15 is 0 Å². The van der Waals surface area contributed by atoms with Crippen molar-refractivity contribution in [1.82, 2.24) is 9.88 Å². The number of carbonyl (C=O) groups is 2. The number of likely N-dealkylation sites (N-methyl/N-ethyl adjacent to an activating group) is 1. The van der Waals surface area contributed by atoms with E-state index in [2.05, 4.69) is 15.6 Å². The van der Waals surface area contributed by atoms with Gasteiger partial charge >= 0.3 is 0 Å². The number of anilines is 2. The molecule has 3 heterocycles. The van der Waals surface area contributed by atoms with Gasteiger partial charge in [0.2, 0.25) is 11.8 Å². The number of rotatable bonds is 4. The molecule has 160 valence electrons. The van der Waals surface area contributed by atoms with Gasteiger partial charge in [-0.2, -0.15) is 0 Å². The summed E-state index contributed by atoms with van der Waals surface area (Å²) < 4.78 is 14.6. The number of thiophene rings is 1. The first kappa shape index (κ1) is 21.0. The molecule has 0 bridgehead atoms. The van der Waals surface area contributed by atoms with E-state index in [0.717, 1.165) is 31.8 Å². The summed E-state index contributed by atoms with van der Waals surface area (Å²) in [5.41, 5.74) is 2.49. The minimum absolute atomic E-state index is 0.0768. The maximum Gasteiger partial charge on any atom is 0.246 e. The number of amides is 2. The fraction of sp³-hybridized carbons (Fsp3) is 0.261. The molecule has 3 aromatic rings. The van der Waals surface area contributed by atoms with Crippen LogP contribution < -0.4 is 10.6 Å². The molecule has 0 fully saturated rings. The Morgan fingerprint density at radius 1 is 1.35 bits per heavy atom. The summed E-state index contributed by atoms with van der Waals surface area (Å²) in [4.78, 5) is 31.4. The van der Waals surface area contributed by atoms with Crippen molar-refractivity contribution in [3.63, 3.8) is 0 Å². The van der Waals surface area contributed by atoms with E-state index < -0.39 is 0 Å². The van der Waals surface area contributed by atoms with E-state index in [-0.39, 0.29) is 23.7 Å². The van der Waals surface area contributed by atoms with Gasteiger partial charge < -0.3 is 15.5 Å². The van der Waals surface area contributed by atoms with Gasteiger partial charge in [0, 0.05) is 41.9 Å². The highest BCUT2D eigenvalue weighted by Crippen LogP contribution is 2.37. The number of nitrogens with one attached hydrogen (secondary N) is 2. The number of hydrogen-bond acceptors (Lipinski definition) is 5. The van der Waals surface area contributed by atoms with Gasteiger partial charge in [-0.3, -0.25) is 9.59 Å². The standard InChI is InChI=1S/C23H23FN4O2S/c1-13-17-11-16(24)5-6-19(17)31-22(13)14(2)28(3)21(30)7-4-15-10-18-23(26-12-15)27-20(29)8-9-25-18/h4-7,10-12,14,25H,8-9H2,1-3H3,(H,26,27,29)/b7-4+/t14-/m1/s1. The van der Waals surface area contributed by atoms with Crippen LogP contribution in [0, 0.1) is 12.7 Å². The Morgan fingerprint density at radius 2 is 2.16 bits per heavy atom.